The molecule has 18 heavy (non-hydrogen) atoms. The van der Waals surface area contributed by atoms with Crippen molar-refractivity contribution in [2.75, 3.05) is 6.54 Å². The van der Waals surface area contributed by atoms with Gasteiger partial charge in [0.25, 0.3) is 0 Å². The maximum Gasteiger partial charge on any atom is 0.0566 e. The zero-order valence-corrected chi connectivity index (χ0v) is 12.1. The largest absolute Gasteiger partial charge is 0.330 e. The molecule has 2 N–H and O–H groups in total. The molecule has 0 bridgehead atoms. The van der Waals surface area contributed by atoms with Crippen molar-refractivity contribution in [3.05, 3.63) is 29.3 Å². The van der Waals surface area contributed by atoms with E-state index in [-0.39, 0.29) is 5.25 Å². The molecular formula is C15H23NOS. The monoisotopic (exact) mass is 265 g/mol. The Morgan fingerprint density at radius 3 is 2.67 bits per heavy atom. The molecule has 1 aliphatic rings. The van der Waals surface area contributed by atoms with Gasteiger partial charge < -0.3 is 5.73 Å². The van der Waals surface area contributed by atoms with Gasteiger partial charge >= 0.3 is 0 Å². The van der Waals surface area contributed by atoms with Crippen LogP contribution in [0.15, 0.2) is 23.1 Å². The fraction of sp³-hybridized carbons (Fsp3) is 0.600. The zero-order valence-electron chi connectivity index (χ0n) is 11.3. The number of hydrogen-bond donors (Lipinski definition) is 1. The first-order valence-electron chi connectivity index (χ1n) is 6.81. The summed E-state index contributed by atoms with van der Waals surface area (Å²) in [6.07, 6.45) is 4.62. The summed E-state index contributed by atoms with van der Waals surface area (Å²) < 4.78 is 12.8. The topological polar surface area (TPSA) is 43.1 Å². The predicted octanol–water partition coefficient (Wildman–Crippen LogP) is 2.93. The van der Waals surface area contributed by atoms with Gasteiger partial charge in [0.1, 0.15) is 0 Å². The fourth-order valence-electron chi connectivity index (χ4n) is 2.91. The highest BCUT2D eigenvalue weighted by Gasteiger charge is 2.30. The maximum absolute atomic E-state index is 12.8. The molecule has 0 radical (unpaired) electrons. The van der Waals surface area contributed by atoms with Crippen LogP contribution in [0.4, 0.5) is 0 Å². The van der Waals surface area contributed by atoms with Gasteiger partial charge in [-0.25, -0.2) is 0 Å². The van der Waals surface area contributed by atoms with E-state index in [4.69, 9.17) is 5.73 Å². The molecule has 1 saturated carbocycles. The normalized spacial score (nSPS) is 25.9. The summed E-state index contributed by atoms with van der Waals surface area (Å²) in [5.74, 6) is 0.431. The van der Waals surface area contributed by atoms with Crippen molar-refractivity contribution in [3.8, 4) is 0 Å². The lowest BCUT2D eigenvalue weighted by Crippen LogP contribution is -2.34. The van der Waals surface area contributed by atoms with Crippen LogP contribution in [-0.2, 0) is 10.8 Å². The van der Waals surface area contributed by atoms with Crippen molar-refractivity contribution >= 4 is 10.8 Å². The highest BCUT2D eigenvalue weighted by atomic mass is 32.2. The van der Waals surface area contributed by atoms with Crippen LogP contribution in [0.1, 0.15) is 36.8 Å². The highest BCUT2D eigenvalue weighted by Crippen LogP contribution is 2.31. The van der Waals surface area contributed by atoms with E-state index < -0.39 is 10.8 Å². The molecule has 1 fully saturated rings. The number of aryl methyl sites for hydroxylation is 2. The minimum Gasteiger partial charge on any atom is -0.330 e. The highest BCUT2D eigenvalue weighted by molar-refractivity contribution is 7.85. The van der Waals surface area contributed by atoms with E-state index in [0.717, 1.165) is 23.3 Å². The summed E-state index contributed by atoms with van der Waals surface area (Å²) >= 11 is 0. The first-order chi connectivity index (χ1) is 8.63. The Bertz CT molecular complexity index is 444. The van der Waals surface area contributed by atoms with Crippen LogP contribution >= 0.6 is 0 Å². The zero-order chi connectivity index (χ0) is 13.1. The summed E-state index contributed by atoms with van der Waals surface area (Å²) in [6.45, 7) is 4.80. The SMILES string of the molecule is Cc1ccc(S(=O)C2CCCCC2CN)c(C)c1. The molecule has 0 aliphatic heterocycles. The number of nitrogens with two attached hydrogens (primary N) is 1. The molecule has 0 aromatic heterocycles. The Balaban J connectivity index is 2.24. The third-order valence-electron chi connectivity index (χ3n) is 3.96. The lowest BCUT2D eigenvalue weighted by Gasteiger charge is -2.30. The van der Waals surface area contributed by atoms with Gasteiger partial charge in [-0.15, -0.1) is 0 Å². The lowest BCUT2D eigenvalue weighted by molar-refractivity contribution is 0.372. The molecule has 100 valence electrons. The van der Waals surface area contributed by atoms with E-state index in [0.29, 0.717) is 12.5 Å². The Morgan fingerprint density at radius 1 is 1.28 bits per heavy atom. The average Bonchev–Trinajstić information content (AvgIpc) is 2.38. The van der Waals surface area contributed by atoms with Crippen molar-refractivity contribution in [1.82, 2.24) is 0 Å². The Hall–Kier alpha value is -0.670. The van der Waals surface area contributed by atoms with Crippen molar-refractivity contribution < 1.29 is 4.21 Å². The van der Waals surface area contributed by atoms with E-state index in [1.807, 2.05) is 6.07 Å². The van der Waals surface area contributed by atoms with Crippen molar-refractivity contribution in [2.24, 2.45) is 11.7 Å². The van der Waals surface area contributed by atoms with Gasteiger partial charge in [0.15, 0.2) is 0 Å². The Kier molecular flexibility index (Phi) is 4.57. The molecule has 2 rings (SSSR count). The minimum atomic E-state index is -0.900. The van der Waals surface area contributed by atoms with E-state index in [1.54, 1.807) is 0 Å². The number of hydrogen-bond acceptors (Lipinski definition) is 2. The molecule has 2 nitrogen and oxygen atoms in total. The van der Waals surface area contributed by atoms with E-state index >= 15 is 0 Å². The summed E-state index contributed by atoms with van der Waals surface area (Å²) in [5, 5.41) is 0.255. The lowest BCUT2D eigenvalue weighted by atomic mass is 9.89. The van der Waals surface area contributed by atoms with Crippen molar-refractivity contribution in [3.63, 3.8) is 0 Å². The predicted molar refractivity (Wildman–Crippen MR) is 77.1 cm³/mol. The van der Waals surface area contributed by atoms with Crippen LogP contribution in [0, 0.1) is 19.8 Å². The molecule has 1 aromatic carbocycles. The standard InChI is InChI=1S/C15H23NOS/c1-11-7-8-14(12(2)9-11)18(17)15-6-4-3-5-13(15)10-16/h7-9,13,15H,3-6,10,16H2,1-2H3. The van der Waals surface area contributed by atoms with E-state index in [9.17, 15) is 4.21 Å². The van der Waals surface area contributed by atoms with Gasteiger partial charge in [-0.1, -0.05) is 30.5 Å². The number of rotatable bonds is 3. The van der Waals surface area contributed by atoms with Crippen LogP contribution in [0.3, 0.4) is 0 Å². The maximum atomic E-state index is 12.8. The first-order valence-corrected chi connectivity index (χ1v) is 8.02. The molecule has 3 unspecified atom stereocenters. The van der Waals surface area contributed by atoms with Gasteiger partial charge in [0.05, 0.1) is 10.8 Å². The van der Waals surface area contributed by atoms with Gasteiger partial charge in [-0.05, 0) is 50.8 Å². The minimum absolute atomic E-state index is 0.255. The molecular weight excluding hydrogens is 242 g/mol. The molecule has 1 aliphatic carbocycles. The Morgan fingerprint density at radius 2 is 2.00 bits per heavy atom. The summed E-state index contributed by atoms with van der Waals surface area (Å²) in [5.41, 5.74) is 8.21. The van der Waals surface area contributed by atoms with Gasteiger partial charge in [-0.2, -0.15) is 0 Å². The Labute approximate surface area is 112 Å². The smallest absolute Gasteiger partial charge is 0.0566 e. The molecule has 0 heterocycles. The molecule has 0 amide bonds. The van der Waals surface area contributed by atoms with E-state index in [1.165, 1.54) is 18.4 Å². The van der Waals surface area contributed by atoms with Crippen LogP contribution < -0.4 is 5.73 Å². The second-order valence-electron chi connectivity index (χ2n) is 5.39. The first kappa shape index (κ1) is 13.8. The van der Waals surface area contributed by atoms with Crippen LogP contribution in [0.2, 0.25) is 0 Å². The summed E-state index contributed by atoms with van der Waals surface area (Å²) in [7, 11) is -0.900. The second kappa shape index (κ2) is 5.98. The van der Waals surface area contributed by atoms with Crippen molar-refractivity contribution in [2.45, 2.75) is 49.7 Å². The summed E-state index contributed by atoms with van der Waals surface area (Å²) in [4.78, 5) is 1.01. The quantitative estimate of drug-likeness (QED) is 0.913. The summed E-state index contributed by atoms with van der Waals surface area (Å²) in [6, 6.07) is 6.21. The van der Waals surface area contributed by atoms with Crippen molar-refractivity contribution in [1.29, 1.82) is 0 Å². The molecule has 1 aromatic rings. The average molecular weight is 265 g/mol. The molecule has 0 saturated heterocycles. The van der Waals surface area contributed by atoms with E-state index in [2.05, 4.69) is 26.0 Å². The number of benzene rings is 1. The van der Waals surface area contributed by atoms with Gasteiger partial charge in [-0.3, -0.25) is 4.21 Å². The van der Waals surface area contributed by atoms with Crippen LogP contribution in [0.25, 0.3) is 0 Å². The molecule has 3 heteroatoms. The van der Waals surface area contributed by atoms with Gasteiger partial charge in [0.2, 0.25) is 0 Å². The fourth-order valence-corrected chi connectivity index (χ4v) is 4.80. The molecule has 0 spiro atoms. The van der Waals surface area contributed by atoms with Gasteiger partial charge in [0, 0.05) is 10.1 Å². The second-order valence-corrected chi connectivity index (χ2v) is 7.03. The third kappa shape index (κ3) is 2.83. The third-order valence-corrected chi connectivity index (χ3v) is 6.03. The van der Waals surface area contributed by atoms with Crippen LogP contribution in [-0.4, -0.2) is 16.0 Å². The van der Waals surface area contributed by atoms with Crippen LogP contribution in [0.5, 0.6) is 0 Å². The molecule has 3 atom stereocenters.